The number of hydrogen-bond donors (Lipinski definition) is 2. The Kier molecular flexibility index (Phi) is 7.36. The van der Waals surface area contributed by atoms with Gasteiger partial charge in [0.2, 0.25) is 5.95 Å². The fraction of sp³-hybridized carbons (Fsp3) is 0.167. The molecule has 0 aliphatic rings. The Labute approximate surface area is 213 Å². The number of hydrogen-bond acceptors (Lipinski definition) is 6. The molecule has 0 amide bonds. The molecule has 2 N–H and O–H groups in total. The number of aromatic nitrogens is 3. The highest BCUT2D eigenvalue weighted by Crippen LogP contribution is 2.40. The molecule has 0 bridgehead atoms. The summed E-state index contributed by atoms with van der Waals surface area (Å²) in [5.41, 5.74) is 1.67. The second-order valence-corrected chi connectivity index (χ2v) is 9.27. The van der Waals surface area contributed by atoms with E-state index in [1.165, 1.54) is 35.5 Å². The Hall–Kier alpha value is -3.77. The molecule has 0 atom stereocenters. The van der Waals surface area contributed by atoms with E-state index < -0.39 is 17.7 Å². The summed E-state index contributed by atoms with van der Waals surface area (Å²) in [6, 6.07) is 14.5. The molecular formula is C24H20F3N5O2S2. The number of methoxy groups -OCH3 is 1. The Morgan fingerprint density at radius 2 is 1.89 bits per heavy atom. The SMILES string of the molecule is COC(=O)c1c(NC(=S)Nc2ncn(Cc3cccc(C(F)(F)F)c3)n2)sc(C)c1-c1ccccc1. The summed E-state index contributed by atoms with van der Waals surface area (Å²) in [6.07, 6.45) is -3.04. The fourth-order valence-electron chi connectivity index (χ4n) is 3.58. The molecule has 0 radical (unpaired) electrons. The quantitative estimate of drug-likeness (QED) is 0.234. The summed E-state index contributed by atoms with van der Waals surface area (Å²) in [5, 5.41) is 10.7. The van der Waals surface area contributed by atoms with Crippen molar-refractivity contribution in [2.45, 2.75) is 19.6 Å². The molecule has 12 heteroatoms. The van der Waals surface area contributed by atoms with Gasteiger partial charge in [0.05, 0.1) is 19.2 Å². The van der Waals surface area contributed by atoms with E-state index in [0.29, 0.717) is 16.1 Å². The van der Waals surface area contributed by atoms with Gasteiger partial charge in [-0.3, -0.25) is 5.32 Å². The first-order valence-electron chi connectivity index (χ1n) is 10.6. The van der Waals surface area contributed by atoms with Crippen molar-refractivity contribution < 1.29 is 22.7 Å². The number of nitrogens with one attached hydrogen (secondary N) is 2. The van der Waals surface area contributed by atoms with Crippen molar-refractivity contribution >= 4 is 45.6 Å². The van der Waals surface area contributed by atoms with Gasteiger partial charge in [-0.25, -0.2) is 14.5 Å². The maximum atomic E-state index is 13.0. The zero-order chi connectivity index (χ0) is 25.9. The van der Waals surface area contributed by atoms with Crippen LogP contribution in [0.3, 0.4) is 0 Å². The van der Waals surface area contributed by atoms with Crippen LogP contribution < -0.4 is 10.6 Å². The summed E-state index contributed by atoms with van der Waals surface area (Å²) < 4.78 is 45.3. The lowest BCUT2D eigenvalue weighted by Gasteiger charge is -2.10. The Bertz CT molecular complexity index is 1400. The molecule has 7 nitrogen and oxygen atoms in total. The lowest BCUT2D eigenvalue weighted by atomic mass is 10.0. The largest absolute Gasteiger partial charge is 0.465 e. The normalized spacial score (nSPS) is 11.2. The number of nitrogens with zero attached hydrogens (tertiary/aromatic N) is 3. The lowest BCUT2D eigenvalue weighted by molar-refractivity contribution is -0.137. The number of rotatable bonds is 6. The minimum Gasteiger partial charge on any atom is -0.465 e. The Morgan fingerprint density at radius 3 is 2.58 bits per heavy atom. The van der Waals surface area contributed by atoms with Crippen molar-refractivity contribution in [3.8, 4) is 11.1 Å². The number of anilines is 2. The van der Waals surface area contributed by atoms with Gasteiger partial charge >= 0.3 is 12.1 Å². The molecule has 0 aliphatic heterocycles. The predicted octanol–water partition coefficient (Wildman–Crippen LogP) is 5.98. The molecule has 186 valence electrons. The number of thiocarbonyl (C=S) groups is 1. The van der Waals surface area contributed by atoms with Gasteiger partial charge in [0.1, 0.15) is 16.9 Å². The highest BCUT2D eigenvalue weighted by molar-refractivity contribution is 7.80. The van der Waals surface area contributed by atoms with Crippen molar-refractivity contribution in [3.05, 3.63) is 82.5 Å². The highest BCUT2D eigenvalue weighted by atomic mass is 32.1. The summed E-state index contributed by atoms with van der Waals surface area (Å²) in [6.45, 7) is 1.99. The van der Waals surface area contributed by atoms with Crippen LogP contribution in [0.1, 0.15) is 26.4 Å². The second-order valence-electron chi connectivity index (χ2n) is 7.64. The summed E-state index contributed by atoms with van der Waals surface area (Å²) >= 11 is 6.74. The number of thiophene rings is 1. The first kappa shape index (κ1) is 25.3. The van der Waals surface area contributed by atoms with E-state index in [-0.39, 0.29) is 17.6 Å². The number of benzene rings is 2. The number of carbonyl (C=O) groups excluding carboxylic acids is 1. The zero-order valence-corrected chi connectivity index (χ0v) is 20.7. The molecule has 2 aromatic carbocycles. The molecule has 4 aromatic rings. The molecule has 0 unspecified atom stereocenters. The first-order valence-corrected chi connectivity index (χ1v) is 11.8. The van der Waals surface area contributed by atoms with E-state index in [4.69, 9.17) is 17.0 Å². The predicted molar refractivity (Wildman–Crippen MR) is 136 cm³/mol. The van der Waals surface area contributed by atoms with E-state index in [2.05, 4.69) is 20.7 Å². The molecule has 2 aromatic heterocycles. The molecule has 0 spiro atoms. The average molecular weight is 532 g/mol. The monoisotopic (exact) mass is 531 g/mol. The number of ether oxygens (including phenoxy) is 1. The zero-order valence-electron chi connectivity index (χ0n) is 19.1. The summed E-state index contributed by atoms with van der Waals surface area (Å²) in [5.74, 6) is -0.359. The van der Waals surface area contributed by atoms with E-state index in [1.807, 2.05) is 37.3 Å². The topological polar surface area (TPSA) is 81.1 Å². The molecule has 0 saturated heterocycles. The van der Waals surface area contributed by atoms with E-state index >= 15 is 0 Å². The number of halogens is 3. The van der Waals surface area contributed by atoms with Crippen LogP contribution in [0.4, 0.5) is 24.1 Å². The maximum absolute atomic E-state index is 13.0. The smallest absolute Gasteiger partial charge is 0.416 e. The third kappa shape index (κ3) is 5.71. The standard InChI is InChI=1S/C24H20F3N5O2S2/c1-14-18(16-8-4-3-5-9-16)19(21(33)34-2)20(36-14)29-23(35)30-22-28-13-32(31-22)12-15-7-6-10-17(11-15)24(25,26)27/h3-11,13H,12H2,1-2H3,(H2,29,30,31,35). The van der Waals surface area contributed by atoms with Crippen LogP contribution in [-0.2, 0) is 17.5 Å². The van der Waals surface area contributed by atoms with Gasteiger partial charge in [0, 0.05) is 10.4 Å². The van der Waals surface area contributed by atoms with Crippen LogP contribution in [0.5, 0.6) is 0 Å². The van der Waals surface area contributed by atoms with Crippen molar-refractivity contribution in [3.63, 3.8) is 0 Å². The van der Waals surface area contributed by atoms with Crippen LogP contribution in [0.15, 0.2) is 60.9 Å². The molecule has 36 heavy (non-hydrogen) atoms. The maximum Gasteiger partial charge on any atom is 0.416 e. The van der Waals surface area contributed by atoms with Crippen LogP contribution in [0.2, 0.25) is 0 Å². The molecule has 0 fully saturated rings. The summed E-state index contributed by atoms with van der Waals surface area (Å²) in [7, 11) is 1.31. The van der Waals surface area contributed by atoms with E-state index in [0.717, 1.165) is 28.1 Å². The van der Waals surface area contributed by atoms with Gasteiger partial charge in [-0.2, -0.15) is 13.2 Å². The van der Waals surface area contributed by atoms with E-state index in [9.17, 15) is 18.0 Å². The molecule has 0 saturated carbocycles. The van der Waals surface area contributed by atoms with Crippen LogP contribution >= 0.6 is 23.6 Å². The van der Waals surface area contributed by atoms with Gasteiger partial charge < -0.3 is 10.1 Å². The fourth-order valence-corrected chi connectivity index (χ4v) is 4.91. The first-order chi connectivity index (χ1) is 17.2. The Balaban J connectivity index is 1.49. The average Bonchev–Trinajstić information content (AvgIpc) is 3.41. The molecule has 2 heterocycles. The molecular weight excluding hydrogens is 511 g/mol. The van der Waals surface area contributed by atoms with Crippen LogP contribution in [0, 0.1) is 6.92 Å². The summed E-state index contributed by atoms with van der Waals surface area (Å²) in [4.78, 5) is 17.6. The highest BCUT2D eigenvalue weighted by Gasteiger charge is 2.30. The van der Waals surface area contributed by atoms with Crippen molar-refractivity contribution in [2.24, 2.45) is 0 Å². The van der Waals surface area contributed by atoms with Gasteiger partial charge in [-0.1, -0.05) is 42.5 Å². The Morgan fingerprint density at radius 1 is 1.14 bits per heavy atom. The minimum absolute atomic E-state index is 0.0931. The third-order valence-electron chi connectivity index (χ3n) is 5.12. The van der Waals surface area contributed by atoms with Crippen molar-refractivity contribution in [2.75, 3.05) is 17.7 Å². The number of aryl methyl sites for hydroxylation is 1. The number of alkyl halides is 3. The number of carbonyl (C=O) groups is 1. The van der Waals surface area contributed by atoms with Crippen molar-refractivity contribution in [1.82, 2.24) is 14.8 Å². The van der Waals surface area contributed by atoms with Gasteiger partial charge in [0.15, 0.2) is 5.11 Å². The number of esters is 1. The van der Waals surface area contributed by atoms with Gasteiger partial charge in [-0.15, -0.1) is 16.4 Å². The third-order valence-corrected chi connectivity index (χ3v) is 6.35. The second kappa shape index (κ2) is 10.5. The lowest BCUT2D eigenvalue weighted by Crippen LogP contribution is -2.21. The van der Waals surface area contributed by atoms with Gasteiger partial charge in [-0.05, 0) is 42.4 Å². The molecule has 4 rings (SSSR count). The van der Waals surface area contributed by atoms with Crippen LogP contribution in [0.25, 0.3) is 11.1 Å². The van der Waals surface area contributed by atoms with Crippen molar-refractivity contribution in [1.29, 1.82) is 0 Å². The van der Waals surface area contributed by atoms with Gasteiger partial charge in [0.25, 0.3) is 0 Å². The minimum atomic E-state index is -4.42. The van der Waals surface area contributed by atoms with E-state index in [1.54, 1.807) is 6.07 Å². The van der Waals surface area contributed by atoms with Crippen LogP contribution in [-0.4, -0.2) is 33.0 Å². The molecule has 0 aliphatic carbocycles.